The van der Waals surface area contributed by atoms with Crippen LogP contribution in [0.1, 0.15) is 5.69 Å². The van der Waals surface area contributed by atoms with Crippen LogP contribution in [-0.2, 0) is 4.79 Å². The SMILES string of the molecule is COc1ccc2sc(-n3nc(C)cc3NC(=O)COc3ccc(Cl)cc3Cl)nc2c1. The number of benzene rings is 2. The van der Waals surface area contributed by atoms with Crippen LogP contribution in [0.4, 0.5) is 5.82 Å². The van der Waals surface area contributed by atoms with Crippen molar-refractivity contribution < 1.29 is 14.3 Å². The molecule has 2 heterocycles. The summed E-state index contributed by atoms with van der Waals surface area (Å²) in [5.74, 6) is 1.24. The van der Waals surface area contributed by atoms with Gasteiger partial charge in [0.1, 0.15) is 17.3 Å². The van der Waals surface area contributed by atoms with Gasteiger partial charge >= 0.3 is 0 Å². The molecule has 0 unspecified atom stereocenters. The first-order valence-electron chi connectivity index (χ1n) is 8.82. The number of rotatable bonds is 6. The summed E-state index contributed by atoms with van der Waals surface area (Å²) in [4.78, 5) is 17.0. The van der Waals surface area contributed by atoms with Crippen molar-refractivity contribution in [1.82, 2.24) is 14.8 Å². The number of fused-ring (bicyclic) bond motifs is 1. The molecule has 7 nitrogen and oxygen atoms in total. The third kappa shape index (κ3) is 4.35. The predicted octanol–water partition coefficient (Wildman–Crippen LogP) is 5.12. The fourth-order valence-corrected chi connectivity index (χ4v) is 4.14. The van der Waals surface area contributed by atoms with Crippen molar-refractivity contribution in [2.75, 3.05) is 19.0 Å². The summed E-state index contributed by atoms with van der Waals surface area (Å²) in [5, 5.41) is 8.72. The second-order valence-electron chi connectivity index (χ2n) is 6.32. The van der Waals surface area contributed by atoms with Gasteiger partial charge in [-0.1, -0.05) is 34.5 Å². The van der Waals surface area contributed by atoms with Crippen LogP contribution in [0.15, 0.2) is 42.5 Å². The van der Waals surface area contributed by atoms with E-state index in [1.54, 1.807) is 36.1 Å². The Bertz CT molecular complexity index is 1240. The van der Waals surface area contributed by atoms with Crippen LogP contribution in [-0.4, -0.2) is 34.4 Å². The number of aryl methyl sites for hydroxylation is 1. The predicted molar refractivity (Wildman–Crippen MR) is 119 cm³/mol. The van der Waals surface area contributed by atoms with E-state index in [4.69, 9.17) is 32.7 Å². The number of methoxy groups -OCH3 is 1. The Hall–Kier alpha value is -2.81. The third-order valence-corrected chi connectivity index (χ3v) is 5.66. The minimum atomic E-state index is -0.357. The number of carbonyl (C=O) groups excluding carboxylic acids is 1. The molecule has 1 amide bonds. The molecule has 2 aromatic carbocycles. The molecule has 0 aliphatic rings. The molecule has 4 aromatic rings. The fraction of sp³-hybridized carbons (Fsp3) is 0.150. The van der Waals surface area contributed by atoms with Crippen LogP contribution in [0.2, 0.25) is 10.0 Å². The van der Waals surface area contributed by atoms with Gasteiger partial charge < -0.3 is 14.8 Å². The van der Waals surface area contributed by atoms with E-state index in [1.807, 2.05) is 25.1 Å². The minimum absolute atomic E-state index is 0.220. The van der Waals surface area contributed by atoms with Gasteiger partial charge in [0.2, 0.25) is 5.13 Å². The van der Waals surface area contributed by atoms with Crippen LogP contribution in [0.5, 0.6) is 11.5 Å². The molecule has 0 bridgehead atoms. The molecule has 0 radical (unpaired) electrons. The van der Waals surface area contributed by atoms with Gasteiger partial charge in [-0.3, -0.25) is 4.79 Å². The number of ether oxygens (including phenoxy) is 2. The molecule has 1 N–H and O–H groups in total. The maximum absolute atomic E-state index is 12.4. The summed E-state index contributed by atoms with van der Waals surface area (Å²) in [7, 11) is 1.61. The highest BCUT2D eigenvalue weighted by Crippen LogP contribution is 2.30. The smallest absolute Gasteiger partial charge is 0.263 e. The van der Waals surface area contributed by atoms with E-state index in [2.05, 4.69) is 15.4 Å². The summed E-state index contributed by atoms with van der Waals surface area (Å²) < 4.78 is 13.3. The summed E-state index contributed by atoms with van der Waals surface area (Å²) in [6.45, 7) is 1.62. The van der Waals surface area contributed by atoms with E-state index in [0.717, 1.165) is 21.7 Å². The highest BCUT2D eigenvalue weighted by Gasteiger charge is 2.15. The summed E-state index contributed by atoms with van der Waals surface area (Å²) in [6, 6.07) is 12.2. The number of carbonyl (C=O) groups is 1. The lowest BCUT2D eigenvalue weighted by molar-refractivity contribution is -0.118. The Morgan fingerprint density at radius 1 is 1.20 bits per heavy atom. The lowest BCUT2D eigenvalue weighted by Gasteiger charge is -2.09. The Morgan fingerprint density at radius 3 is 2.80 bits per heavy atom. The van der Waals surface area contributed by atoms with Gasteiger partial charge in [-0.15, -0.1) is 0 Å². The third-order valence-electron chi connectivity index (χ3n) is 4.12. The van der Waals surface area contributed by atoms with Crippen molar-refractivity contribution in [3.05, 3.63) is 58.2 Å². The molecule has 4 rings (SSSR count). The molecule has 0 aliphatic heterocycles. The van der Waals surface area contributed by atoms with Crippen molar-refractivity contribution in [3.8, 4) is 16.6 Å². The largest absolute Gasteiger partial charge is 0.497 e. The van der Waals surface area contributed by atoms with Gasteiger partial charge in [0.25, 0.3) is 5.91 Å². The fourth-order valence-electron chi connectivity index (χ4n) is 2.76. The van der Waals surface area contributed by atoms with Crippen LogP contribution in [0.25, 0.3) is 15.3 Å². The highest BCUT2D eigenvalue weighted by molar-refractivity contribution is 7.20. The summed E-state index contributed by atoms with van der Waals surface area (Å²) >= 11 is 13.4. The van der Waals surface area contributed by atoms with Crippen LogP contribution >= 0.6 is 34.5 Å². The average Bonchev–Trinajstić information content (AvgIpc) is 3.29. The minimum Gasteiger partial charge on any atom is -0.497 e. The van der Waals surface area contributed by atoms with Crippen molar-refractivity contribution in [1.29, 1.82) is 0 Å². The van der Waals surface area contributed by atoms with Gasteiger partial charge in [0.05, 0.1) is 28.0 Å². The zero-order valence-electron chi connectivity index (χ0n) is 16.0. The van der Waals surface area contributed by atoms with E-state index < -0.39 is 0 Å². The maximum Gasteiger partial charge on any atom is 0.263 e. The number of hydrogen-bond donors (Lipinski definition) is 1. The summed E-state index contributed by atoms with van der Waals surface area (Å²) in [6.07, 6.45) is 0. The van der Waals surface area contributed by atoms with Crippen LogP contribution in [0, 0.1) is 6.92 Å². The quantitative estimate of drug-likeness (QED) is 0.429. The molecule has 154 valence electrons. The molecule has 0 saturated heterocycles. The van der Waals surface area contributed by atoms with Gasteiger partial charge in [0, 0.05) is 17.2 Å². The first-order chi connectivity index (χ1) is 14.4. The number of aromatic nitrogens is 3. The first kappa shape index (κ1) is 20.5. The number of hydrogen-bond acceptors (Lipinski definition) is 6. The highest BCUT2D eigenvalue weighted by atomic mass is 35.5. The normalized spacial score (nSPS) is 10.9. The average molecular weight is 463 g/mol. The zero-order valence-corrected chi connectivity index (χ0v) is 18.3. The Balaban J connectivity index is 1.52. The number of anilines is 1. The second kappa shape index (κ2) is 8.51. The van der Waals surface area contributed by atoms with Gasteiger partial charge in [0.15, 0.2) is 6.61 Å². The lowest BCUT2D eigenvalue weighted by Crippen LogP contribution is -2.22. The number of thiazole rings is 1. The molecule has 0 aliphatic carbocycles. The topological polar surface area (TPSA) is 78.3 Å². The molecular weight excluding hydrogens is 447 g/mol. The van der Waals surface area contributed by atoms with Crippen molar-refractivity contribution in [3.63, 3.8) is 0 Å². The zero-order chi connectivity index (χ0) is 21.3. The van der Waals surface area contributed by atoms with Gasteiger partial charge in [-0.25, -0.2) is 4.98 Å². The van der Waals surface area contributed by atoms with Crippen molar-refractivity contribution in [2.45, 2.75) is 6.92 Å². The lowest BCUT2D eigenvalue weighted by atomic mass is 10.3. The molecule has 0 atom stereocenters. The molecule has 2 aromatic heterocycles. The number of amides is 1. The molecule has 10 heteroatoms. The van der Waals surface area contributed by atoms with Crippen molar-refractivity contribution >= 4 is 56.5 Å². The van der Waals surface area contributed by atoms with Crippen molar-refractivity contribution in [2.24, 2.45) is 0 Å². The van der Waals surface area contributed by atoms with E-state index in [9.17, 15) is 4.79 Å². The second-order valence-corrected chi connectivity index (χ2v) is 8.18. The Morgan fingerprint density at radius 2 is 2.03 bits per heavy atom. The number of nitrogens with zero attached hydrogens (tertiary/aromatic N) is 3. The number of nitrogens with one attached hydrogen (secondary N) is 1. The van der Waals surface area contributed by atoms with Gasteiger partial charge in [-0.2, -0.15) is 9.78 Å². The molecular formula is C20H16Cl2N4O3S. The first-order valence-corrected chi connectivity index (χ1v) is 10.4. The van der Waals surface area contributed by atoms with E-state index in [1.165, 1.54) is 11.3 Å². The number of halogens is 2. The molecule has 30 heavy (non-hydrogen) atoms. The van der Waals surface area contributed by atoms with E-state index >= 15 is 0 Å². The molecule has 0 fully saturated rings. The Kier molecular flexibility index (Phi) is 5.80. The van der Waals surface area contributed by atoms with E-state index in [0.29, 0.717) is 26.7 Å². The Labute approximate surface area is 186 Å². The summed E-state index contributed by atoms with van der Waals surface area (Å²) in [5.41, 5.74) is 1.53. The van der Waals surface area contributed by atoms with Gasteiger partial charge in [-0.05, 0) is 37.3 Å². The standard InChI is InChI=1S/C20H16Cl2N4O3S/c1-11-7-18(24-19(27)10-29-16-5-3-12(21)8-14(16)22)26(25-11)20-23-15-9-13(28-2)4-6-17(15)30-20/h3-9H,10H2,1-2H3,(H,24,27). The molecule has 0 spiro atoms. The van der Waals surface area contributed by atoms with Crippen LogP contribution < -0.4 is 14.8 Å². The monoisotopic (exact) mass is 462 g/mol. The molecule has 0 saturated carbocycles. The van der Waals surface area contributed by atoms with E-state index in [-0.39, 0.29) is 12.5 Å². The maximum atomic E-state index is 12.4. The van der Waals surface area contributed by atoms with Crippen LogP contribution in [0.3, 0.4) is 0 Å².